The summed E-state index contributed by atoms with van der Waals surface area (Å²) >= 11 is 0. The number of halogens is 1. The molecule has 186 valence electrons. The number of esters is 1. The Hall–Kier alpha value is -4.82. The van der Waals surface area contributed by atoms with E-state index >= 15 is 0 Å². The first-order valence-electron chi connectivity index (χ1n) is 11.2. The summed E-state index contributed by atoms with van der Waals surface area (Å²) in [5.74, 6) is -1.69. The second-order valence-corrected chi connectivity index (χ2v) is 7.95. The number of ether oxygens (including phenoxy) is 2. The van der Waals surface area contributed by atoms with Crippen LogP contribution in [0.25, 0.3) is 0 Å². The van der Waals surface area contributed by atoms with Crippen LogP contribution in [0, 0.1) is 5.82 Å². The lowest BCUT2D eigenvalue weighted by atomic mass is 9.85. The van der Waals surface area contributed by atoms with Crippen molar-refractivity contribution in [3.8, 4) is 11.5 Å². The number of benzene rings is 4. The maximum atomic E-state index is 13.4. The van der Waals surface area contributed by atoms with E-state index in [-0.39, 0.29) is 17.1 Å². The van der Waals surface area contributed by atoms with Crippen LogP contribution in [-0.4, -0.2) is 30.3 Å². The fraction of sp³-hybridized carbons (Fsp3) is 0.0690. The summed E-state index contributed by atoms with van der Waals surface area (Å²) in [5, 5.41) is 15.4. The predicted octanol–water partition coefficient (Wildman–Crippen LogP) is 4.44. The largest absolute Gasteiger partial charge is 0.493 e. The molecule has 0 aromatic heterocycles. The monoisotopic (exact) mass is 498 g/mol. The number of hydrazone groups is 1. The molecule has 0 fully saturated rings. The van der Waals surface area contributed by atoms with Crippen molar-refractivity contribution < 1.29 is 28.6 Å². The van der Waals surface area contributed by atoms with Gasteiger partial charge in [0.15, 0.2) is 17.1 Å². The Bertz CT molecular complexity index is 1390. The number of nitrogens with one attached hydrogen (secondary N) is 1. The summed E-state index contributed by atoms with van der Waals surface area (Å²) < 4.78 is 24.1. The van der Waals surface area contributed by atoms with Crippen molar-refractivity contribution in [2.75, 3.05) is 7.11 Å². The van der Waals surface area contributed by atoms with Crippen LogP contribution in [0.3, 0.4) is 0 Å². The molecule has 0 heterocycles. The molecular weight excluding hydrogens is 475 g/mol. The molecule has 4 aromatic rings. The third-order valence-corrected chi connectivity index (χ3v) is 5.54. The molecule has 7 nitrogen and oxygen atoms in total. The summed E-state index contributed by atoms with van der Waals surface area (Å²) in [6.07, 6.45) is 1.36. The highest BCUT2D eigenvalue weighted by atomic mass is 19.1. The number of hydrogen-bond donors (Lipinski definition) is 2. The van der Waals surface area contributed by atoms with Gasteiger partial charge in [0.1, 0.15) is 5.82 Å². The molecule has 0 aliphatic carbocycles. The van der Waals surface area contributed by atoms with Crippen LogP contribution in [0.1, 0.15) is 27.0 Å². The van der Waals surface area contributed by atoms with E-state index in [2.05, 4.69) is 10.5 Å². The van der Waals surface area contributed by atoms with Gasteiger partial charge in [-0.2, -0.15) is 5.10 Å². The molecular formula is C29H23FN2O5. The minimum atomic E-state index is -1.97. The SMILES string of the molecule is COc1cc(/C=N/NC(=O)C(O)(c2ccccc2)c2ccccc2)ccc1OC(=O)c1cccc(F)c1. The summed E-state index contributed by atoms with van der Waals surface area (Å²) in [5.41, 5.74) is 1.79. The molecule has 0 saturated carbocycles. The van der Waals surface area contributed by atoms with E-state index in [4.69, 9.17) is 9.47 Å². The van der Waals surface area contributed by atoms with Crippen LogP contribution in [-0.2, 0) is 10.4 Å². The summed E-state index contributed by atoms with van der Waals surface area (Å²) in [7, 11) is 1.40. The maximum absolute atomic E-state index is 13.4. The van der Waals surface area contributed by atoms with Crippen LogP contribution >= 0.6 is 0 Å². The van der Waals surface area contributed by atoms with Gasteiger partial charge in [-0.05, 0) is 53.1 Å². The Morgan fingerprint density at radius 2 is 1.51 bits per heavy atom. The van der Waals surface area contributed by atoms with Gasteiger partial charge in [0.05, 0.1) is 18.9 Å². The molecule has 0 unspecified atom stereocenters. The Balaban J connectivity index is 1.51. The molecule has 0 saturated heterocycles. The number of carbonyl (C=O) groups excluding carboxylic acids is 2. The van der Waals surface area contributed by atoms with E-state index in [0.717, 1.165) is 6.07 Å². The van der Waals surface area contributed by atoms with Crippen molar-refractivity contribution in [3.63, 3.8) is 0 Å². The zero-order valence-electron chi connectivity index (χ0n) is 19.8. The molecule has 0 radical (unpaired) electrons. The van der Waals surface area contributed by atoms with Crippen LogP contribution in [0.2, 0.25) is 0 Å². The molecule has 4 aromatic carbocycles. The van der Waals surface area contributed by atoms with Gasteiger partial charge in [-0.3, -0.25) is 4.79 Å². The van der Waals surface area contributed by atoms with Gasteiger partial charge >= 0.3 is 5.97 Å². The third-order valence-electron chi connectivity index (χ3n) is 5.54. The van der Waals surface area contributed by atoms with E-state index in [1.165, 1.54) is 37.6 Å². The molecule has 0 bridgehead atoms. The van der Waals surface area contributed by atoms with Crippen molar-refractivity contribution in [2.24, 2.45) is 5.10 Å². The van der Waals surface area contributed by atoms with Gasteiger partial charge in [-0.15, -0.1) is 0 Å². The Morgan fingerprint density at radius 3 is 2.11 bits per heavy atom. The molecule has 1 amide bonds. The number of aliphatic hydroxyl groups is 1. The first kappa shape index (κ1) is 25.3. The summed E-state index contributed by atoms with van der Waals surface area (Å²) in [6, 6.07) is 26.9. The van der Waals surface area contributed by atoms with Gasteiger partial charge < -0.3 is 14.6 Å². The number of rotatable bonds is 8. The number of methoxy groups -OCH3 is 1. The van der Waals surface area contributed by atoms with Crippen LogP contribution in [0.5, 0.6) is 11.5 Å². The smallest absolute Gasteiger partial charge is 0.343 e. The van der Waals surface area contributed by atoms with Gasteiger partial charge in [0.2, 0.25) is 0 Å². The van der Waals surface area contributed by atoms with Crippen molar-refractivity contribution in [2.45, 2.75) is 5.60 Å². The molecule has 0 aliphatic heterocycles. The Kier molecular flexibility index (Phi) is 7.71. The van der Waals surface area contributed by atoms with E-state index in [0.29, 0.717) is 16.7 Å². The van der Waals surface area contributed by atoms with E-state index in [1.807, 2.05) is 0 Å². The first-order chi connectivity index (χ1) is 17.9. The number of carbonyl (C=O) groups is 2. The van der Waals surface area contributed by atoms with Gasteiger partial charge in [0, 0.05) is 0 Å². The van der Waals surface area contributed by atoms with Gasteiger partial charge in [0.25, 0.3) is 5.91 Å². The van der Waals surface area contributed by atoms with Crippen molar-refractivity contribution in [3.05, 3.63) is 131 Å². The van der Waals surface area contributed by atoms with E-state index in [9.17, 15) is 19.1 Å². The maximum Gasteiger partial charge on any atom is 0.343 e. The molecule has 8 heteroatoms. The highest BCUT2D eigenvalue weighted by Gasteiger charge is 2.39. The minimum Gasteiger partial charge on any atom is -0.493 e. The first-order valence-corrected chi connectivity index (χ1v) is 11.2. The third kappa shape index (κ3) is 5.71. The highest BCUT2D eigenvalue weighted by Crippen LogP contribution is 2.30. The van der Waals surface area contributed by atoms with Gasteiger partial charge in [-0.1, -0.05) is 66.7 Å². The topological polar surface area (TPSA) is 97.2 Å². The number of amides is 1. The predicted molar refractivity (Wildman–Crippen MR) is 136 cm³/mol. The molecule has 0 spiro atoms. The van der Waals surface area contributed by atoms with E-state index in [1.54, 1.807) is 72.8 Å². The molecule has 0 atom stereocenters. The Morgan fingerprint density at radius 1 is 0.865 bits per heavy atom. The fourth-order valence-corrected chi connectivity index (χ4v) is 3.66. The number of nitrogens with zero attached hydrogens (tertiary/aromatic N) is 1. The molecule has 37 heavy (non-hydrogen) atoms. The number of hydrogen-bond acceptors (Lipinski definition) is 6. The fourth-order valence-electron chi connectivity index (χ4n) is 3.66. The lowest BCUT2D eigenvalue weighted by Crippen LogP contribution is -2.43. The molecule has 4 rings (SSSR count). The van der Waals surface area contributed by atoms with Crippen LogP contribution in [0.15, 0.2) is 108 Å². The minimum absolute atomic E-state index is 0.0553. The lowest BCUT2D eigenvalue weighted by Gasteiger charge is -2.27. The summed E-state index contributed by atoms with van der Waals surface area (Å²) in [4.78, 5) is 25.5. The molecule has 0 aliphatic rings. The van der Waals surface area contributed by atoms with E-state index < -0.39 is 23.3 Å². The van der Waals surface area contributed by atoms with Crippen LogP contribution in [0.4, 0.5) is 4.39 Å². The molecule has 2 N–H and O–H groups in total. The second kappa shape index (κ2) is 11.3. The zero-order chi connectivity index (χ0) is 26.3. The van der Waals surface area contributed by atoms with Gasteiger partial charge in [-0.25, -0.2) is 14.6 Å². The second-order valence-electron chi connectivity index (χ2n) is 7.95. The van der Waals surface area contributed by atoms with Crippen molar-refractivity contribution >= 4 is 18.1 Å². The average Bonchev–Trinajstić information content (AvgIpc) is 2.94. The van der Waals surface area contributed by atoms with Crippen molar-refractivity contribution in [1.29, 1.82) is 0 Å². The standard InChI is InChI=1S/C29H23FN2O5/c1-36-26-17-20(15-16-25(26)37-27(33)21-9-8-14-24(30)18-21)19-31-32-28(34)29(35,22-10-4-2-5-11-22)23-12-6-3-7-13-23/h2-19,35H,1H3,(H,32,34)/b31-19+. The van der Waals surface area contributed by atoms with Crippen LogP contribution < -0.4 is 14.9 Å². The summed E-state index contributed by atoms with van der Waals surface area (Å²) in [6.45, 7) is 0. The Labute approximate surface area is 212 Å². The van der Waals surface area contributed by atoms with Crippen molar-refractivity contribution in [1.82, 2.24) is 5.43 Å². The zero-order valence-corrected chi connectivity index (χ0v) is 19.8. The average molecular weight is 499 g/mol. The quantitative estimate of drug-likeness (QED) is 0.162. The lowest BCUT2D eigenvalue weighted by molar-refractivity contribution is -0.136. The highest BCUT2D eigenvalue weighted by molar-refractivity contribution is 5.92. The normalized spacial score (nSPS) is 11.2.